The number of benzene rings is 2. The molecule has 2 saturated heterocycles. The molecular weight excluding hydrogens is 400 g/mol. The number of hydrogen-bond acceptors (Lipinski definition) is 5. The lowest BCUT2D eigenvalue weighted by atomic mass is 9.84. The number of likely N-dealkylation sites (tertiary alicyclic amines) is 1. The fraction of sp³-hybridized carbons (Fsp3) is 0.308. The van der Waals surface area contributed by atoms with E-state index in [4.69, 9.17) is 10.5 Å². The highest BCUT2D eigenvalue weighted by Crippen LogP contribution is 2.38. The molecule has 1 amide bonds. The van der Waals surface area contributed by atoms with Crippen molar-refractivity contribution in [3.8, 4) is 22.8 Å². The van der Waals surface area contributed by atoms with Crippen molar-refractivity contribution in [1.82, 2.24) is 15.2 Å². The second-order valence-corrected chi connectivity index (χ2v) is 8.58. The first kappa shape index (κ1) is 20.7. The molecule has 3 heterocycles. The van der Waals surface area contributed by atoms with E-state index < -0.39 is 5.91 Å². The molecule has 3 N–H and O–H groups in total. The Morgan fingerprint density at radius 3 is 2.41 bits per heavy atom. The topological polar surface area (TPSA) is 80.5 Å². The number of nitrogens with one attached hydrogen (secondary N) is 1. The summed E-state index contributed by atoms with van der Waals surface area (Å²) in [5, 5.41) is 3.37. The van der Waals surface area contributed by atoms with E-state index in [2.05, 4.69) is 27.3 Å². The SMILES string of the molecule is NC(=O)c1ccc(-c2cc(Oc3ccccc3)ccc2C2CCN(C3CNC3)CC2)nc1. The summed E-state index contributed by atoms with van der Waals surface area (Å²) in [6, 6.07) is 20.4. The summed E-state index contributed by atoms with van der Waals surface area (Å²) in [4.78, 5) is 18.7. The third-order valence-corrected chi connectivity index (χ3v) is 6.57. The number of rotatable bonds is 6. The van der Waals surface area contributed by atoms with Crippen LogP contribution in [0.15, 0.2) is 66.9 Å². The molecule has 6 nitrogen and oxygen atoms in total. The molecule has 0 radical (unpaired) electrons. The average Bonchev–Trinajstić information content (AvgIpc) is 2.79. The molecule has 2 aliphatic rings. The minimum atomic E-state index is -0.469. The summed E-state index contributed by atoms with van der Waals surface area (Å²) in [7, 11) is 0. The first-order chi connectivity index (χ1) is 15.7. The maximum absolute atomic E-state index is 11.5. The highest BCUT2D eigenvalue weighted by Gasteiger charge is 2.30. The van der Waals surface area contributed by atoms with Crippen molar-refractivity contribution in [2.75, 3.05) is 26.2 Å². The number of pyridine rings is 1. The summed E-state index contributed by atoms with van der Waals surface area (Å²) in [5.41, 5.74) is 8.99. The van der Waals surface area contributed by atoms with Crippen LogP contribution in [0.3, 0.4) is 0 Å². The van der Waals surface area contributed by atoms with Gasteiger partial charge in [-0.15, -0.1) is 0 Å². The maximum Gasteiger partial charge on any atom is 0.250 e. The number of carbonyl (C=O) groups excluding carboxylic acids is 1. The molecule has 2 fully saturated rings. The molecule has 0 bridgehead atoms. The van der Waals surface area contributed by atoms with Crippen LogP contribution in [0.1, 0.15) is 34.7 Å². The maximum atomic E-state index is 11.5. The minimum Gasteiger partial charge on any atom is -0.457 e. The summed E-state index contributed by atoms with van der Waals surface area (Å²) in [5.74, 6) is 1.57. The molecule has 0 saturated carbocycles. The number of carbonyl (C=O) groups is 1. The van der Waals surface area contributed by atoms with E-state index in [1.165, 1.54) is 5.56 Å². The summed E-state index contributed by atoms with van der Waals surface area (Å²) >= 11 is 0. The van der Waals surface area contributed by atoms with Crippen LogP contribution in [-0.2, 0) is 0 Å². The van der Waals surface area contributed by atoms with Crippen LogP contribution in [0.25, 0.3) is 11.3 Å². The lowest BCUT2D eigenvalue weighted by molar-refractivity contribution is 0.1000. The molecule has 0 aliphatic carbocycles. The van der Waals surface area contributed by atoms with Gasteiger partial charge in [-0.1, -0.05) is 24.3 Å². The number of nitrogens with zero attached hydrogens (tertiary/aromatic N) is 2. The van der Waals surface area contributed by atoms with Gasteiger partial charge in [0.05, 0.1) is 11.3 Å². The third-order valence-electron chi connectivity index (χ3n) is 6.57. The van der Waals surface area contributed by atoms with Crippen LogP contribution in [0, 0.1) is 0 Å². The van der Waals surface area contributed by atoms with Gasteiger partial charge < -0.3 is 15.8 Å². The first-order valence-corrected chi connectivity index (χ1v) is 11.3. The second kappa shape index (κ2) is 9.10. The largest absolute Gasteiger partial charge is 0.457 e. The Hall–Kier alpha value is -3.22. The van der Waals surface area contributed by atoms with Gasteiger partial charge in [0.15, 0.2) is 0 Å². The fourth-order valence-corrected chi connectivity index (χ4v) is 4.61. The van der Waals surface area contributed by atoms with Gasteiger partial charge in [-0.3, -0.25) is 14.7 Å². The van der Waals surface area contributed by atoms with Crippen molar-refractivity contribution in [1.29, 1.82) is 0 Å². The molecule has 2 aliphatic heterocycles. The van der Waals surface area contributed by atoms with E-state index in [1.807, 2.05) is 42.5 Å². The molecule has 5 rings (SSSR count). The molecule has 0 spiro atoms. The molecule has 6 heteroatoms. The lowest BCUT2D eigenvalue weighted by Crippen LogP contribution is -2.58. The van der Waals surface area contributed by atoms with Crippen molar-refractivity contribution in [2.24, 2.45) is 5.73 Å². The number of aromatic nitrogens is 1. The Labute approximate surface area is 188 Å². The van der Waals surface area contributed by atoms with Crippen LogP contribution in [0.4, 0.5) is 0 Å². The summed E-state index contributed by atoms with van der Waals surface area (Å²) in [6.45, 7) is 4.45. The number of amides is 1. The van der Waals surface area contributed by atoms with Gasteiger partial charge in [0.2, 0.25) is 5.91 Å². The Morgan fingerprint density at radius 2 is 1.78 bits per heavy atom. The Balaban J connectivity index is 1.44. The molecule has 3 aromatic rings. The molecule has 2 aromatic carbocycles. The zero-order valence-corrected chi connectivity index (χ0v) is 18.0. The third kappa shape index (κ3) is 4.38. The zero-order chi connectivity index (χ0) is 21.9. The van der Waals surface area contributed by atoms with Gasteiger partial charge in [0.25, 0.3) is 0 Å². The number of nitrogens with two attached hydrogens (primary N) is 1. The van der Waals surface area contributed by atoms with Crippen LogP contribution >= 0.6 is 0 Å². The summed E-state index contributed by atoms with van der Waals surface area (Å²) in [6.07, 6.45) is 3.81. The van der Waals surface area contributed by atoms with Crippen molar-refractivity contribution in [3.63, 3.8) is 0 Å². The molecular formula is C26H28N4O2. The van der Waals surface area contributed by atoms with Gasteiger partial charge in [-0.2, -0.15) is 0 Å². The molecule has 0 atom stereocenters. The number of ether oxygens (including phenoxy) is 1. The van der Waals surface area contributed by atoms with E-state index in [1.54, 1.807) is 12.3 Å². The number of hydrogen-bond donors (Lipinski definition) is 2. The predicted octanol–water partition coefficient (Wildman–Crippen LogP) is 3.79. The van der Waals surface area contributed by atoms with Gasteiger partial charge in [-0.25, -0.2) is 0 Å². The minimum absolute atomic E-state index is 0.411. The van der Waals surface area contributed by atoms with Gasteiger partial charge >= 0.3 is 0 Å². The molecule has 1 aromatic heterocycles. The Bertz CT molecular complexity index is 1070. The zero-order valence-electron chi connectivity index (χ0n) is 18.0. The number of primary amides is 1. The van der Waals surface area contributed by atoms with Gasteiger partial charge in [0.1, 0.15) is 11.5 Å². The lowest BCUT2D eigenvalue weighted by Gasteiger charge is -2.42. The second-order valence-electron chi connectivity index (χ2n) is 8.58. The van der Waals surface area contributed by atoms with E-state index in [0.29, 0.717) is 17.5 Å². The molecule has 0 unspecified atom stereocenters. The van der Waals surface area contributed by atoms with Crippen LogP contribution < -0.4 is 15.8 Å². The first-order valence-electron chi connectivity index (χ1n) is 11.3. The van der Waals surface area contributed by atoms with E-state index in [0.717, 1.165) is 61.8 Å². The number of piperidine rings is 1. The van der Waals surface area contributed by atoms with Gasteiger partial charge in [-0.05, 0) is 73.8 Å². The van der Waals surface area contributed by atoms with E-state index in [-0.39, 0.29) is 0 Å². The average molecular weight is 429 g/mol. The predicted molar refractivity (Wildman–Crippen MR) is 125 cm³/mol. The Kier molecular flexibility index (Phi) is 5.88. The molecule has 164 valence electrons. The van der Waals surface area contributed by atoms with E-state index >= 15 is 0 Å². The standard InChI is InChI=1S/C26H28N4O2/c27-26(31)19-6-9-25(29-15-19)24-14-22(32-21-4-2-1-3-5-21)7-8-23(24)18-10-12-30(13-11-18)20-16-28-17-20/h1-9,14-15,18,20,28H,10-13,16-17H2,(H2,27,31). The monoisotopic (exact) mass is 428 g/mol. The molecule has 32 heavy (non-hydrogen) atoms. The Morgan fingerprint density at radius 1 is 1.00 bits per heavy atom. The normalized spacial score (nSPS) is 17.6. The smallest absolute Gasteiger partial charge is 0.250 e. The van der Waals surface area contributed by atoms with Crippen molar-refractivity contribution in [3.05, 3.63) is 78.0 Å². The number of para-hydroxylation sites is 1. The van der Waals surface area contributed by atoms with Crippen LogP contribution in [-0.4, -0.2) is 48.0 Å². The quantitative estimate of drug-likeness (QED) is 0.624. The highest BCUT2D eigenvalue weighted by molar-refractivity contribution is 5.92. The van der Waals surface area contributed by atoms with E-state index in [9.17, 15) is 4.79 Å². The highest BCUT2D eigenvalue weighted by atomic mass is 16.5. The van der Waals surface area contributed by atoms with Crippen molar-refractivity contribution >= 4 is 5.91 Å². The fourth-order valence-electron chi connectivity index (χ4n) is 4.61. The van der Waals surface area contributed by atoms with Crippen molar-refractivity contribution < 1.29 is 9.53 Å². The van der Waals surface area contributed by atoms with Crippen LogP contribution in [0.5, 0.6) is 11.5 Å². The van der Waals surface area contributed by atoms with Crippen LogP contribution in [0.2, 0.25) is 0 Å². The van der Waals surface area contributed by atoms with Crippen molar-refractivity contribution in [2.45, 2.75) is 24.8 Å². The van der Waals surface area contributed by atoms with Gasteiger partial charge in [0, 0.05) is 30.9 Å². The summed E-state index contributed by atoms with van der Waals surface area (Å²) < 4.78 is 6.10.